The van der Waals surface area contributed by atoms with Crippen LogP contribution in [0.3, 0.4) is 0 Å². The van der Waals surface area contributed by atoms with Crippen LogP contribution in [0.1, 0.15) is 56.7 Å². The molecule has 0 spiro atoms. The van der Waals surface area contributed by atoms with E-state index in [-0.39, 0.29) is 24.4 Å². The summed E-state index contributed by atoms with van der Waals surface area (Å²) in [5, 5.41) is 9.02. The molecule has 1 aromatic heterocycles. The van der Waals surface area contributed by atoms with Gasteiger partial charge in [0, 0.05) is 53.9 Å². The van der Waals surface area contributed by atoms with Crippen LogP contribution in [0.5, 0.6) is 0 Å². The monoisotopic (exact) mass is 697 g/mol. The van der Waals surface area contributed by atoms with E-state index in [1.807, 2.05) is 70.2 Å². The molecule has 4 heterocycles. The zero-order valence-electron chi connectivity index (χ0n) is 30.1. The lowest BCUT2D eigenvalue weighted by atomic mass is 9.98. The summed E-state index contributed by atoms with van der Waals surface area (Å²) in [6, 6.07) is 14.2. The Balaban J connectivity index is 1.22. The van der Waals surface area contributed by atoms with E-state index in [0.29, 0.717) is 34.4 Å². The van der Waals surface area contributed by atoms with Crippen LogP contribution in [-0.2, 0) is 16.1 Å². The highest BCUT2D eigenvalue weighted by molar-refractivity contribution is 6.11. The van der Waals surface area contributed by atoms with Gasteiger partial charge in [0.05, 0.1) is 17.9 Å². The van der Waals surface area contributed by atoms with Crippen molar-refractivity contribution in [2.45, 2.75) is 59.5 Å². The smallest absolute Gasteiger partial charge is 0.330 e. The van der Waals surface area contributed by atoms with Crippen molar-refractivity contribution in [3.05, 3.63) is 119 Å². The molecule has 3 aliphatic heterocycles. The van der Waals surface area contributed by atoms with Crippen molar-refractivity contribution in [1.82, 2.24) is 15.3 Å². The molecule has 0 radical (unpaired) electrons. The Hall–Kier alpha value is -6.17. The number of carbonyl (C=O) groups is 3. The second-order valence-electron chi connectivity index (χ2n) is 13.1. The van der Waals surface area contributed by atoms with E-state index in [0.717, 1.165) is 47.4 Å². The molecule has 2 atom stereocenters. The number of allylic oxidation sites excluding steroid dienone is 4. The quantitative estimate of drug-likeness (QED) is 0.235. The summed E-state index contributed by atoms with van der Waals surface area (Å²) >= 11 is 0. The number of hydrogen-bond donors (Lipinski definition) is 3. The van der Waals surface area contributed by atoms with Crippen molar-refractivity contribution in [2.24, 2.45) is 15.9 Å². The highest BCUT2D eigenvalue weighted by Gasteiger charge is 2.32. The third-order valence-corrected chi connectivity index (χ3v) is 9.31. The molecule has 12 nitrogen and oxygen atoms in total. The summed E-state index contributed by atoms with van der Waals surface area (Å²) in [7, 11) is 1.68. The number of amides is 4. The van der Waals surface area contributed by atoms with Crippen LogP contribution >= 0.6 is 0 Å². The number of aryl methyl sites for hydroxylation is 1. The van der Waals surface area contributed by atoms with Crippen LogP contribution in [0.4, 0.5) is 27.9 Å². The lowest BCUT2D eigenvalue weighted by Crippen LogP contribution is -2.46. The van der Waals surface area contributed by atoms with Crippen molar-refractivity contribution in [3.63, 3.8) is 0 Å². The Kier molecular flexibility index (Phi) is 10.8. The van der Waals surface area contributed by atoms with Crippen molar-refractivity contribution < 1.29 is 14.4 Å². The molecule has 3 aliphatic rings. The lowest BCUT2D eigenvalue weighted by molar-refractivity contribution is -0.122. The number of fused-ring (bicyclic) bond motifs is 1. The number of anilines is 4. The molecule has 0 saturated heterocycles. The lowest BCUT2D eigenvalue weighted by Gasteiger charge is -2.35. The molecule has 52 heavy (non-hydrogen) atoms. The molecule has 4 amide bonds. The first kappa shape index (κ1) is 35.6. The molecular weight excluding hydrogens is 655 g/mol. The Labute approximate surface area is 303 Å². The van der Waals surface area contributed by atoms with E-state index < -0.39 is 11.9 Å². The Bertz CT molecular complexity index is 2060. The van der Waals surface area contributed by atoms with Gasteiger partial charge in [-0.15, -0.1) is 0 Å². The average molecular weight is 698 g/mol. The number of hydrogen-bond acceptors (Lipinski definition) is 8. The minimum absolute atomic E-state index is 0.000960. The summed E-state index contributed by atoms with van der Waals surface area (Å²) in [6.45, 7) is 8.19. The van der Waals surface area contributed by atoms with Gasteiger partial charge in [0.2, 0.25) is 11.9 Å². The first-order valence-corrected chi connectivity index (χ1v) is 17.4. The first-order chi connectivity index (χ1) is 25.1. The summed E-state index contributed by atoms with van der Waals surface area (Å²) in [4.78, 5) is 62.3. The van der Waals surface area contributed by atoms with Crippen LogP contribution in [0, 0.1) is 12.8 Å². The van der Waals surface area contributed by atoms with Crippen molar-refractivity contribution >= 4 is 52.4 Å². The van der Waals surface area contributed by atoms with E-state index in [2.05, 4.69) is 30.9 Å². The minimum atomic E-state index is -0.608. The normalized spacial score (nSPS) is 20.4. The Morgan fingerprint density at radius 3 is 2.63 bits per heavy atom. The van der Waals surface area contributed by atoms with Gasteiger partial charge in [-0.1, -0.05) is 62.7 Å². The third-order valence-electron chi connectivity index (χ3n) is 9.31. The molecule has 0 saturated carbocycles. The topological polar surface area (TPSA) is 144 Å². The highest BCUT2D eigenvalue weighted by Crippen LogP contribution is 2.33. The first-order valence-electron chi connectivity index (χ1n) is 17.4. The van der Waals surface area contributed by atoms with Gasteiger partial charge in [0.1, 0.15) is 11.9 Å². The number of urea groups is 1. The second kappa shape index (κ2) is 15.8. The summed E-state index contributed by atoms with van der Waals surface area (Å²) in [5.41, 5.74) is 6.59. The summed E-state index contributed by atoms with van der Waals surface area (Å²) < 4.78 is 0. The number of nitrogens with zero attached hydrogens (tertiary/aromatic N) is 6. The molecule has 2 unspecified atom stereocenters. The molecule has 12 heteroatoms. The molecular formula is C40H43N9O3. The molecule has 6 rings (SSSR count). The fraction of sp³-hybridized carbons (Fsp3) is 0.275. The standard InChI is InChI=1S/C40H43N9O3/c1-6-25(2)35-38(51)41-20-19-29(13-10-14-33(46-35)28-11-8-7-9-12-28)37(50)44-31-17-15-26(3)34(21-31)49-24-30-22-43-39(47-36(30)48(5)40(49)52)45-32-18-16-27(4)42-23-32/h7-15,17,19-23,25,35H,6,16,18,24H2,1-5H3,(H,41,51)(H,44,50)(H,43,45,47)/b14-10+,20-19+,29-13+,46-33?. The van der Waals surface area contributed by atoms with Crippen molar-refractivity contribution in [2.75, 3.05) is 27.5 Å². The number of aromatic nitrogens is 2. The zero-order valence-corrected chi connectivity index (χ0v) is 30.1. The molecule has 0 fully saturated rings. The summed E-state index contributed by atoms with van der Waals surface area (Å²) in [5.74, 6) is 0.286. The van der Waals surface area contributed by atoms with Gasteiger partial charge >= 0.3 is 6.03 Å². The maximum Gasteiger partial charge on any atom is 0.330 e. The van der Waals surface area contributed by atoms with Gasteiger partial charge < -0.3 is 16.0 Å². The SMILES string of the molecule is CCC(C)C1N=C(c2ccccc2)/C=C/C=C(C(=O)Nc2ccc(C)c(N3Cc4cnc(NC5=CN=C(C)CC5)nc4N(C)C3=O)c2)\C=C\NC1=O. The number of aliphatic imine (C=N–C) groups is 2. The maximum absolute atomic E-state index is 13.7. The third kappa shape index (κ3) is 8.07. The Morgan fingerprint density at radius 1 is 1.08 bits per heavy atom. The predicted molar refractivity (Wildman–Crippen MR) is 207 cm³/mol. The molecule has 266 valence electrons. The van der Waals surface area contributed by atoms with Gasteiger partial charge in [-0.25, -0.2) is 9.78 Å². The van der Waals surface area contributed by atoms with Crippen LogP contribution < -0.4 is 25.8 Å². The molecule has 0 bridgehead atoms. The van der Waals surface area contributed by atoms with Crippen LogP contribution in [0.15, 0.2) is 113 Å². The van der Waals surface area contributed by atoms with Gasteiger partial charge in [0.15, 0.2) is 0 Å². The van der Waals surface area contributed by atoms with Crippen LogP contribution in [0.25, 0.3) is 0 Å². The van der Waals surface area contributed by atoms with Crippen molar-refractivity contribution in [3.8, 4) is 0 Å². The van der Waals surface area contributed by atoms with Crippen LogP contribution in [0.2, 0.25) is 0 Å². The van der Waals surface area contributed by atoms with E-state index in [4.69, 9.17) is 4.99 Å². The molecule has 3 aromatic rings. The number of benzene rings is 2. The second-order valence-corrected chi connectivity index (χ2v) is 13.1. The molecule has 2 aromatic carbocycles. The number of carbonyl (C=O) groups excluding carboxylic acids is 3. The molecule has 3 N–H and O–H groups in total. The van der Waals surface area contributed by atoms with Crippen LogP contribution in [-0.4, -0.2) is 52.3 Å². The summed E-state index contributed by atoms with van der Waals surface area (Å²) in [6.07, 6.45) is 14.3. The molecule has 0 aliphatic carbocycles. The van der Waals surface area contributed by atoms with E-state index in [9.17, 15) is 14.4 Å². The van der Waals surface area contributed by atoms with Gasteiger partial charge in [-0.3, -0.25) is 29.4 Å². The largest absolute Gasteiger partial charge is 0.331 e. The minimum Gasteiger partial charge on any atom is -0.331 e. The highest BCUT2D eigenvalue weighted by atomic mass is 16.2. The Morgan fingerprint density at radius 2 is 1.88 bits per heavy atom. The zero-order chi connectivity index (χ0) is 36.8. The average Bonchev–Trinajstić information content (AvgIpc) is 3.19. The number of rotatable bonds is 8. The fourth-order valence-corrected chi connectivity index (χ4v) is 6.00. The maximum atomic E-state index is 13.7. The van der Waals surface area contributed by atoms with Gasteiger partial charge in [-0.05, 0) is 74.1 Å². The predicted octanol–water partition coefficient (Wildman–Crippen LogP) is 6.84. The number of nitrogens with one attached hydrogen (secondary N) is 3. The fourth-order valence-electron chi connectivity index (χ4n) is 6.00. The van der Waals surface area contributed by atoms with Gasteiger partial charge in [0.25, 0.3) is 5.91 Å². The van der Waals surface area contributed by atoms with E-state index in [1.165, 1.54) is 11.1 Å². The van der Waals surface area contributed by atoms with E-state index >= 15 is 0 Å². The van der Waals surface area contributed by atoms with Crippen molar-refractivity contribution in [1.29, 1.82) is 0 Å². The van der Waals surface area contributed by atoms with Gasteiger partial charge in [-0.2, -0.15) is 4.98 Å². The van der Waals surface area contributed by atoms with E-state index in [1.54, 1.807) is 54.7 Å².